The summed E-state index contributed by atoms with van der Waals surface area (Å²) in [6.45, 7) is 6.09. The van der Waals surface area contributed by atoms with Crippen molar-refractivity contribution in [1.29, 1.82) is 0 Å². The lowest BCUT2D eigenvalue weighted by Gasteiger charge is -2.16. The molecular formula is C20H36O4. The van der Waals surface area contributed by atoms with E-state index in [9.17, 15) is 4.79 Å². The molecule has 0 unspecified atom stereocenters. The molecule has 0 bridgehead atoms. The highest BCUT2D eigenvalue weighted by Crippen LogP contribution is 2.31. The summed E-state index contributed by atoms with van der Waals surface area (Å²) in [7, 11) is 1.38. The largest absolute Gasteiger partial charge is 0.466 e. The molecule has 1 aliphatic rings. The molecule has 0 amide bonds. The van der Waals surface area contributed by atoms with Crippen LogP contribution < -0.4 is 0 Å². The number of hydrogen-bond acceptors (Lipinski definition) is 4. The van der Waals surface area contributed by atoms with Gasteiger partial charge in [-0.05, 0) is 26.3 Å². The molecule has 1 fully saturated rings. The van der Waals surface area contributed by atoms with Gasteiger partial charge in [0, 0.05) is 6.08 Å². The number of hydrogen-bond donors (Lipinski definition) is 0. The lowest BCUT2D eigenvalue weighted by Crippen LogP contribution is -2.21. The van der Waals surface area contributed by atoms with Crippen LogP contribution in [0.1, 0.15) is 85.0 Å². The van der Waals surface area contributed by atoms with E-state index in [-0.39, 0.29) is 18.2 Å². The van der Waals surface area contributed by atoms with Crippen LogP contribution in [0.5, 0.6) is 0 Å². The minimum absolute atomic E-state index is 0.0189. The molecule has 0 aromatic rings. The monoisotopic (exact) mass is 340 g/mol. The summed E-state index contributed by atoms with van der Waals surface area (Å²) in [5.74, 6) is -0.945. The van der Waals surface area contributed by atoms with E-state index in [2.05, 4.69) is 11.7 Å². The fraction of sp³-hybridized carbons (Fsp3) is 0.850. The summed E-state index contributed by atoms with van der Waals surface area (Å²) in [4.78, 5) is 11.3. The van der Waals surface area contributed by atoms with Gasteiger partial charge in [0.2, 0.25) is 0 Å². The Hall–Kier alpha value is -0.870. The van der Waals surface area contributed by atoms with Gasteiger partial charge in [-0.1, -0.05) is 64.7 Å². The molecule has 24 heavy (non-hydrogen) atoms. The molecule has 1 aliphatic heterocycles. The number of ether oxygens (including phenoxy) is 3. The Bertz CT molecular complexity index is 376. The first kappa shape index (κ1) is 21.2. The van der Waals surface area contributed by atoms with Crippen LogP contribution in [-0.2, 0) is 19.0 Å². The molecule has 0 aromatic carbocycles. The van der Waals surface area contributed by atoms with Gasteiger partial charge in [-0.3, -0.25) is 0 Å². The zero-order valence-electron chi connectivity index (χ0n) is 16.0. The van der Waals surface area contributed by atoms with E-state index in [4.69, 9.17) is 9.47 Å². The molecule has 0 spiro atoms. The predicted molar refractivity (Wildman–Crippen MR) is 96.8 cm³/mol. The number of unbranched alkanes of at least 4 members (excludes halogenated alkanes) is 8. The summed E-state index contributed by atoms with van der Waals surface area (Å²) < 4.78 is 16.5. The van der Waals surface area contributed by atoms with Crippen molar-refractivity contribution in [2.45, 2.75) is 103 Å². The van der Waals surface area contributed by atoms with Gasteiger partial charge in [0.1, 0.15) is 6.10 Å². The number of carbonyl (C=O) groups is 1. The van der Waals surface area contributed by atoms with Crippen molar-refractivity contribution < 1.29 is 19.0 Å². The third-order valence-electron chi connectivity index (χ3n) is 4.44. The second kappa shape index (κ2) is 11.6. The van der Waals surface area contributed by atoms with Gasteiger partial charge in [0.05, 0.1) is 13.2 Å². The number of esters is 1. The van der Waals surface area contributed by atoms with Gasteiger partial charge in [-0.25, -0.2) is 4.79 Å². The van der Waals surface area contributed by atoms with E-state index in [1.807, 2.05) is 13.8 Å². The van der Waals surface area contributed by atoms with Crippen LogP contribution in [-0.4, -0.2) is 31.1 Å². The maximum atomic E-state index is 11.3. The molecule has 0 N–H and O–H groups in total. The van der Waals surface area contributed by atoms with Crippen molar-refractivity contribution in [2.75, 3.05) is 7.11 Å². The molecule has 1 heterocycles. The van der Waals surface area contributed by atoms with Crippen LogP contribution in [0.3, 0.4) is 0 Å². The maximum absolute atomic E-state index is 11.3. The molecule has 0 radical (unpaired) electrons. The van der Waals surface area contributed by atoms with Crippen molar-refractivity contribution in [1.82, 2.24) is 0 Å². The molecule has 0 aromatic heterocycles. The Kier molecular flexibility index (Phi) is 10.3. The second-order valence-electron chi connectivity index (χ2n) is 7.14. The van der Waals surface area contributed by atoms with Crippen molar-refractivity contribution in [3.8, 4) is 0 Å². The van der Waals surface area contributed by atoms with Gasteiger partial charge in [-0.2, -0.15) is 0 Å². The number of carbonyl (C=O) groups excluding carboxylic acids is 1. The average molecular weight is 341 g/mol. The second-order valence-corrected chi connectivity index (χ2v) is 7.14. The van der Waals surface area contributed by atoms with Crippen LogP contribution in [0, 0.1) is 0 Å². The Morgan fingerprint density at radius 3 is 2.17 bits per heavy atom. The third-order valence-corrected chi connectivity index (χ3v) is 4.44. The van der Waals surface area contributed by atoms with E-state index in [0.717, 1.165) is 12.8 Å². The van der Waals surface area contributed by atoms with Gasteiger partial charge in [0.15, 0.2) is 5.79 Å². The first-order valence-corrected chi connectivity index (χ1v) is 9.60. The number of methoxy groups -OCH3 is 1. The Morgan fingerprint density at radius 2 is 1.58 bits per heavy atom. The van der Waals surface area contributed by atoms with Crippen LogP contribution in [0.4, 0.5) is 0 Å². The molecule has 0 aliphatic carbocycles. The zero-order valence-corrected chi connectivity index (χ0v) is 16.0. The first-order valence-electron chi connectivity index (χ1n) is 9.60. The van der Waals surface area contributed by atoms with Crippen molar-refractivity contribution in [3.05, 3.63) is 12.2 Å². The topological polar surface area (TPSA) is 44.8 Å². The third kappa shape index (κ3) is 8.84. The van der Waals surface area contributed by atoms with E-state index in [1.54, 1.807) is 6.08 Å². The fourth-order valence-corrected chi connectivity index (χ4v) is 3.15. The first-order chi connectivity index (χ1) is 11.5. The maximum Gasteiger partial charge on any atom is 0.330 e. The summed E-state index contributed by atoms with van der Waals surface area (Å²) in [5, 5.41) is 0. The lowest BCUT2D eigenvalue weighted by molar-refractivity contribution is -0.144. The Balaban J connectivity index is 2.21. The molecule has 140 valence electrons. The summed E-state index contributed by atoms with van der Waals surface area (Å²) in [6.07, 6.45) is 15.8. The van der Waals surface area contributed by atoms with Gasteiger partial charge < -0.3 is 14.2 Å². The highest BCUT2D eigenvalue weighted by Gasteiger charge is 2.39. The van der Waals surface area contributed by atoms with Crippen LogP contribution in [0.2, 0.25) is 0 Å². The molecule has 0 saturated carbocycles. The van der Waals surface area contributed by atoms with Crippen LogP contribution in [0.15, 0.2) is 12.2 Å². The molecule has 1 rings (SSSR count). The number of rotatable bonds is 12. The summed E-state index contributed by atoms with van der Waals surface area (Å²) >= 11 is 0. The van der Waals surface area contributed by atoms with E-state index in [1.165, 1.54) is 64.6 Å². The van der Waals surface area contributed by atoms with Gasteiger partial charge >= 0.3 is 5.97 Å². The molecule has 4 heteroatoms. The van der Waals surface area contributed by atoms with Crippen molar-refractivity contribution in [2.24, 2.45) is 0 Å². The highest BCUT2D eigenvalue weighted by molar-refractivity contribution is 5.81. The molecule has 4 nitrogen and oxygen atoms in total. The SMILES string of the molecule is CCCCCCCCCCC[C@@H]1OC(C)(C)O[C@@H]1/C=C/C(=O)OC. The quantitative estimate of drug-likeness (QED) is 0.280. The van der Waals surface area contributed by atoms with Gasteiger partial charge in [0.25, 0.3) is 0 Å². The molecule has 2 atom stereocenters. The van der Waals surface area contributed by atoms with Crippen molar-refractivity contribution >= 4 is 5.97 Å². The molecule has 1 saturated heterocycles. The standard InChI is InChI=1S/C20H36O4/c1-5-6-7-8-9-10-11-12-13-14-17-18(15-16-19(21)22-4)24-20(2,3)23-17/h15-18H,5-14H2,1-4H3/b16-15+/t17-,18+/m0/s1. The minimum atomic E-state index is -0.588. The Morgan fingerprint density at radius 1 is 1.00 bits per heavy atom. The zero-order chi connectivity index (χ0) is 17.8. The lowest BCUT2D eigenvalue weighted by atomic mass is 10.0. The van der Waals surface area contributed by atoms with Crippen LogP contribution >= 0.6 is 0 Å². The van der Waals surface area contributed by atoms with Crippen LogP contribution in [0.25, 0.3) is 0 Å². The Labute approximate surface area is 147 Å². The molecular weight excluding hydrogens is 304 g/mol. The minimum Gasteiger partial charge on any atom is -0.466 e. The average Bonchev–Trinajstić information content (AvgIpc) is 2.85. The van der Waals surface area contributed by atoms with E-state index >= 15 is 0 Å². The normalized spacial score (nSPS) is 23.0. The van der Waals surface area contributed by atoms with Gasteiger partial charge in [-0.15, -0.1) is 0 Å². The fourth-order valence-electron chi connectivity index (χ4n) is 3.15. The van der Waals surface area contributed by atoms with E-state index in [0.29, 0.717) is 0 Å². The summed E-state index contributed by atoms with van der Waals surface area (Å²) in [6, 6.07) is 0. The summed E-state index contributed by atoms with van der Waals surface area (Å²) in [5.41, 5.74) is 0. The van der Waals surface area contributed by atoms with E-state index < -0.39 is 5.79 Å². The predicted octanol–water partition coefficient (Wildman–Crippen LogP) is 5.16. The smallest absolute Gasteiger partial charge is 0.330 e. The van der Waals surface area contributed by atoms with Crippen molar-refractivity contribution in [3.63, 3.8) is 0 Å². The highest BCUT2D eigenvalue weighted by atomic mass is 16.7.